The molecule has 0 aliphatic rings. The molecule has 0 bridgehead atoms. The fourth-order valence-electron chi connectivity index (χ4n) is 1.15. The number of carbonyl (C=O) groups is 1. The zero-order chi connectivity index (χ0) is 10.2. The summed E-state index contributed by atoms with van der Waals surface area (Å²) in [5.41, 5.74) is 0. The van der Waals surface area contributed by atoms with Crippen LogP contribution in [0.1, 0.15) is 26.2 Å². The van der Waals surface area contributed by atoms with Crippen LogP contribution < -0.4 is 0 Å². The minimum atomic E-state index is 0.124. The predicted octanol–water partition coefficient (Wildman–Crippen LogP) is 2.20. The number of imidazole rings is 1. The zero-order valence-corrected chi connectivity index (χ0v) is 8.52. The maximum absolute atomic E-state index is 11.3. The van der Waals surface area contributed by atoms with E-state index in [4.69, 9.17) is 0 Å². The number of hydrogen-bond donors (Lipinski definition) is 0. The summed E-state index contributed by atoms with van der Waals surface area (Å²) in [5, 5.41) is 0. The summed E-state index contributed by atoms with van der Waals surface area (Å²) in [4.78, 5) is 15.2. The van der Waals surface area contributed by atoms with Gasteiger partial charge in [0.15, 0.2) is 5.78 Å². The molecule has 0 N–H and O–H groups in total. The lowest BCUT2D eigenvalue weighted by molar-refractivity contribution is -0.115. The maximum atomic E-state index is 11.3. The molecule has 14 heavy (non-hydrogen) atoms. The fraction of sp³-hybridized carbons (Fsp3) is 0.455. The molecule has 1 aromatic rings. The molecule has 0 saturated heterocycles. The van der Waals surface area contributed by atoms with E-state index in [1.807, 2.05) is 6.08 Å². The van der Waals surface area contributed by atoms with E-state index in [1.165, 1.54) is 6.42 Å². The van der Waals surface area contributed by atoms with Crippen molar-refractivity contribution in [2.75, 3.05) is 0 Å². The summed E-state index contributed by atoms with van der Waals surface area (Å²) in [5.74, 6) is 0.124. The molecule has 0 atom stereocenters. The lowest BCUT2D eigenvalue weighted by Crippen LogP contribution is -2.04. The third-order valence-corrected chi connectivity index (χ3v) is 1.93. The normalized spacial score (nSPS) is 10.9. The molecule has 0 aliphatic heterocycles. The Kier molecular flexibility index (Phi) is 4.69. The van der Waals surface area contributed by atoms with E-state index in [0.29, 0.717) is 6.54 Å². The Bertz CT molecular complexity index is 288. The number of allylic oxidation sites excluding steroid dienone is 2. The molecule has 1 aromatic heterocycles. The van der Waals surface area contributed by atoms with Crippen LogP contribution in [0.25, 0.3) is 0 Å². The molecular weight excluding hydrogens is 176 g/mol. The van der Waals surface area contributed by atoms with Crippen LogP contribution in [0.3, 0.4) is 0 Å². The Morgan fingerprint density at radius 3 is 3.07 bits per heavy atom. The number of carbonyl (C=O) groups excluding carboxylic acids is 1. The standard InChI is InChI=1S/C11H16N2O/c1-2-3-4-5-6-11(14)9-13-8-7-12-10-13/h5-8,10H,2-4,9H2,1H3. The average Bonchev–Trinajstić information content (AvgIpc) is 2.65. The van der Waals surface area contributed by atoms with Gasteiger partial charge in [0, 0.05) is 12.4 Å². The first kappa shape index (κ1) is 10.7. The third kappa shape index (κ3) is 4.03. The first-order chi connectivity index (χ1) is 6.83. The van der Waals surface area contributed by atoms with Gasteiger partial charge in [-0.3, -0.25) is 4.79 Å². The Morgan fingerprint density at radius 2 is 2.43 bits per heavy atom. The van der Waals surface area contributed by atoms with Crippen molar-refractivity contribution in [3.63, 3.8) is 0 Å². The molecule has 76 valence electrons. The van der Waals surface area contributed by atoms with E-state index in [2.05, 4.69) is 11.9 Å². The zero-order valence-electron chi connectivity index (χ0n) is 8.52. The van der Waals surface area contributed by atoms with Crippen molar-refractivity contribution in [2.24, 2.45) is 0 Å². The summed E-state index contributed by atoms with van der Waals surface area (Å²) in [6.45, 7) is 2.53. The van der Waals surface area contributed by atoms with Gasteiger partial charge in [-0.15, -0.1) is 0 Å². The van der Waals surface area contributed by atoms with Crippen LogP contribution in [0.2, 0.25) is 0 Å². The van der Waals surface area contributed by atoms with Crippen molar-refractivity contribution in [3.8, 4) is 0 Å². The van der Waals surface area contributed by atoms with Crippen LogP contribution in [0.15, 0.2) is 30.9 Å². The number of hydrogen-bond acceptors (Lipinski definition) is 2. The van der Waals surface area contributed by atoms with Gasteiger partial charge in [-0.05, 0) is 12.5 Å². The van der Waals surface area contributed by atoms with Gasteiger partial charge >= 0.3 is 0 Å². The van der Waals surface area contributed by atoms with Gasteiger partial charge in [-0.1, -0.05) is 25.8 Å². The summed E-state index contributed by atoms with van der Waals surface area (Å²) in [6, 6.07) is 0. The second kappa shape index (κ2) is 6.13. The van der Waals surface area contributed by atoms with Gasteiger partial charge < -0.3 is 4.57 Å². The first-order valence-electron chi connectivity index (χ1n) is 4.98. The number of aromatic nitrogens is 2. The van der Waals surface area contributed by atoms with Crippen molar-refractivity contribution in [1.82, 2.24) is 9.55 Å². The van der Waals surface area contributed by atoms with Crippen molar-refractivity contribution >= 4 is 5.78 Å². The topological polar surface area (TPSA) is 34.9 Å². The highest BCUT2D eigenvalue weighted by atomic mass is 16.1. The second-order valence-corrected chi connectivity index (χ2v) is 3.25. The number of unbranched alkanes of at least 4 members (excludes halogenated alkanes) is 2. The van der Waals surface area contributed by atoms with E-state index in [9.17, 15) is 4.79 Å². The van der Waals surface area contributed by atoms with Gasteiger partial charge in [0.25, 0.3) is 0 Å². The largest absolute Gasteiger partial charge is 0.330 e. The molecule has 0 fully saturated rings. The Hall–Kier alpha value is -1.38. The van der Waals surface area contributed by atoms with Crippen LogP contribution in [0, 0.1) is 0 Å². The molecule has 0 saturated carbocycles. The van der Waals surface area contributed by atoms with Gasteiger partial charge in [0.1, 0.15) is 0 Å². The highest BCUT2D eigenvalue weighted by molar-refractivity contribution is 5.89. The maximum Gasteiger partial charge on any atom is 0.175 e. The van der Waals surface area contributed by atoms with Gasteiger partial charge in [0.05, 0.1) is 12.9 Å². The smallest absolute Gasteiger partial charge is 0.175 e. The highest BCUT2D eigenvalue weighted by Gasteiger charge is 1.96. The lowest BCUT2D eigenvalue weighted by Gasteiger charge is -1.96. The molecule has 1 rings (SSSR count). The molecular formula is C11H16N2O. The second-order valence-electron chi connectivity index (χ2n) is 3.25. The Morgan fingerprint density at radius 1 is 1.57 bits per heavy atom. The predicted molar refractivity (Wildman–Crippen MR) is 55.9 cm³/mol. The molecule has 0 spiro atoms. The van der Waals surface area contributed by atoms with Crippen molar-refractivity contribution < 1.29 is 4.79 Å². The van der Waals surface area contributed by atoms with E-state index < -0.39 is 0 Å². The molecule has 0 unspecified atom stereocenters. The first-order valence-corrected chi connectivity index (χ1v) is 4.98. The molecule has 0 aliphatic carbocycles. The fourth-order valence-corrected chi connectivity index (χ4v) is 1.15. The number of nitrogens with zero attached hydrogens (tertiary/aromatic N) is 2. The molecule has 0 radical (unpaired) electrons. The van der Waals surface area contributed by atoms with Crippen LogP contribution >= 0.6 is 0 Å². The van der Waals surface area contributed by atoms with Crippen molar-refractivity contribution in [1.29, 1.82) is 0 Å². The molecule has 3 nitrogen and oxygen atoms in total. The van der Waals surface area contributed by atoms with E-state index in [1.54, 1.807) is 29.4 Å². The monoisotopic (exact) mass is 192 g/mol. The molecule has 3 heteroatoms. The summed E-state index contributed by atoms with van der Waals surface area (Å²) < 4.78 is 1.77. The summed E-state index contributed by atoms with van der Waals surface area (Å²) >= 11 is 0. The van der Waals surface area contributed by atoms with Crippen LogP contribution in [0.4, 0.5) is 0 Å². The summed E-state index contributed by atoms with van der Waals surface area (Å²) in [6.07, 6.45) is 12.0. The Labute approximate surface area is 84.5 Å². The van der Waals surface area contributed by atoms with E-state index >= 15 is 0 Å². The minimum Gasteiger partial charge on any atom is -0.330 e. The van der Waals surface area contributed by atoms with Crippen LogP contribution in [-0.4, -0.2) is 15.3 Å². The van der Waals surface area contributed by atoms with Gasteiger partial charge in [-0.2, -0.15) is 0 Å². The molecule has 1 heterocycles. The SMILES string of the molecule is CCCCC=CC(=O)Cn1ccnc1. The molecule has 0 amide bonds. The minimum absolute atomic E-state index is 0.124. The van der Waals surface area contributed by atoms with Crippen LogP contribution in [0.5, 0.6) is 0 Å². The highest BCUT2D eigenvalue weighted by Crippen LogP contribution is 1.96. The van der Waals surface area contributed by atoms with Gasteiger partial charge in [0.2, 0.25) is 0 Å². The third-order valence-electron chi connectivity index (χ3n) is 1.93. The lowest BCUT2D eigenvalue weighted by atomic mass is 10.2. The van der Waals surface area contributed by atoms with E-state index in [0.717, 1.165) is 12.8 Å². The summed E-state index contributed by atoms with van der Waals surface area (Å²) in [7, 11) is 0. The average molecular weight is 192 g/mol. The molecule has 0 aromatic carbocycles. The number of ketones is 1. The quantitative estimate of drug-likeness (QED) is 0.511. The van der Waals surface area contributed by atoms with Crippen molar-refractivity contribution in [3.05, 3.63) is 30.9 Å². The van der Waals surface area contributed by atoms with Crippen LogP contribution in [-0.2, 0) is 11.3 Å². The van der Waals surface area contributed by atoms with Gasteiger partial charge in [-0.25, -0.2) is 4.98 Å². The Balaban J connectivity index is 2.26. The van der Waals surface area contributed by atoms with Crippen molar-refractivity contribution in [2.45, 2.75) is 32.7 Å². The van der Waals surface area contributed by atoms with E-state index in [-0.39, 0.29) is 5.78 Å². The number of rotatable bonds is 6.